The first-order valence-electron chi connectivity index (χ1n) is 11.3. The van der Waals surface area contributed by atoms with Gasteiger partial charge in [0.1, 0.15) is 0 Å². The summed E-state index contributed by atoms with van der Waals surface area (Å²) in [6.07, 6.45) is -7.21. The monoisotopic (exact) mass is 696 g/mol. The predicted molar refractivity (Wildman–Crippen MR) is 144 cm³/mol. The molecule has 228 valence electrons. The van der Waals surface area contributed by atoms with Crippen LogP contribution in [0.5, 0.6) is 0 Å². The van der Waals surface area contributed by atoms with Crippen molar-refractivity contribution in [3.63, 3.8) is 0 Å². The SMILES string of the molecule is Cc1ccc(Sc2ccc(S(OS(=O)(=O)C(F)(F)C(F)(F)C(F)(F)C(F)(F)F)(c3ccccc3)c3ccccc3)s2)s1. The first kappa shape index (κ1) is 32.7. The molecule has 4 aromatic rings. The summed E-state index contributed by atoms with van der Waals surface area (Å²) in [6, 6.07) is 19.8. The van der Waals surface area contributed by atoms with E-state index in [0.717, 1.165) is 20.4 Å². The van der Waals surface area contributed by atoms with Gasteiger partial charge in [0.2, 0.25) is 0 Å². The predicted octanol–water partition coefficient (Wildman–Crippen LogP) is 10.2. The second kappa shape index (κ2) is 11.4. The van der Waals surface area contributed by atoms with E-state index in [1.807, 2.05) is 13.0 Å². The molecule has 2 aromatic heterocycles. The van der Waals surface area contributed by atoms with Gasteiger partial charge in [-0.2, -0.15) is 47.9 Å². The van der Waals surface area contributed by atoms with Gasteiger partial charge in [0.05, 0.1) is 12.6 Å². The van der Waals surface area contributed by atoms with Crippen molar-refractivity contribution in [2.45, 2.75) is 52.6 Å². The minimum atomic E-state index is -7.44. The highest BCUT2D eigenvalue weighted by Gasteiger charge is 2.86. The molecule has 0 saturated carbocycles. The minimum Gasteiger partial charge on any atom is -0.201 e. The quantitative estimate of drug-likeness (QED) is 0.155. The van der Waals surface area contributed by atoms with Crippen LogP contribution in [0.15, 0.2) is 107 Å². The van der Waals surface area contributed by atoms with E-state index in [9.17, 15) is 47.9 Å². The lowest BCUT2D eigenvalue weighted by Gasteiger charge is -2.40. The van der Waals surface area contributed by atoms with E-state index in [4.69, 9.17) is 3.63 Å². The van der Waals surface area contributed by atoms with Gasteiger partial charge in [-0.15, -0.1) is 22.7 Å². The Hall–Kier alpha value is -2.18. The average Bonchev–Trinajstić information content (AvgIpc) is 3.56. The van der Waals surface area contributed by atoms with Gasteiger partial charge in [-0.25, -0.2) is 3.63 Å². The Morgan fingerprint density at radius 3 is 1.57 bits per heavy atom. The van der Waals surface area contributed by atoms with Gasteiger partial charge >= 0.3 is 33.4 Å². The Morgan fingerprint density at radius 2 is 1.12 bits per heavy atom. The zero-order valence-electron chi connectivity index (χ0n) is 20.8. The number of halogens is 9. The number of rotatable bonds is 10. The second-order valence-corrected chi connectivity index (χ2v) is 17.1. The molecule has 0 aliphatic carbocycles. The van der Waals surface area contributed by atoms with Crippen LogP contribution in [0.2, 0.25) is 0 Å². The lowest BCUT2D eigenvalue weighted by atomic mass is 10.1. The van der Waals surface area contributed by atoms with Gasteiger partial charge < -0.3 is 0 Å². The third kappa shape index (κ3) is 5.58. The average molecular weight is 697 g/mol. The number of hydrogen-bond acceptors (Lipinski definition) is 6. The molecule has 0 saturated heterocycles. The van der Waals surface area contributed by atoms with E-state index < -0.39 is 43.7 Å². The van der Waals surface area contributed by atoms with Crippen LogP contribution in [0.4, 0.5) is 39.5 Å². The minimum absolute atomic E-state index is 0.0825. The molecule has 0 aliphatic heterocycles. The van der Waals surface area contributed by atoms with Gasteiger partial charge in [-0.05, 0) is 65.8 Å². The van der Waals surface area contributed by atoms with Crippen LogP contribution in [0.25, 0.3) is 0 Å². The Morgan fingerprint density at radius 1 is 0.643 bits per heavy atom. The summed E-state index contributed by atoms with van der Waals surface area (Å²) in [5.74, 6) is -14.9. The second-order valence-electron chi connectivity index (χ2n) is 8.41. The van der Waals surface area contributed by atoms with Crippen LogP contribution in [-0.4, -0.2) is 31.7 Å². The van der Waals surface area contributed by atoms with Crippen molar-refractivity contribution in [2.24, 2.45) is 0 Å². The summed E-state index contributed by atoms with van der Waals surface area (Å²) in [5, 5.41) is -7.02. The summed E-state index contributed by atoms with van der Waals surface area (Å²) < 4.78 is 156. The van der Waals surface area contributed by atoms with E-state index in [1.54, 1.807) is 6.07 Å². The van der Waals surface area contributed by atoms with Crippen LogP contribution in [0.3, 0.4) is 0 Å². The molecule has 0 amide bonds. The van der Waals surface area contributed by atoms with Gasteiger partial charge in [-0.1, -0.05) is 48.2 Å². The molecule has 17 heteroatoms. The van der Waals surface area contributed by atoms with E-state index in [-0.39, 0.29) is 14.0 Å². The maximum Gasteiger partial charge on any atom is 0.460 e. The molecule has 0 fully saturated rings. The van der Waals surface area contributed by atoms with E-state index >= 15 is 0 Å². The fourth-order valence-corrected chi connectivity index (χ4v) is 13.3. The molecule has 0 aliphatic rings. The molecular weight excluding hydrogens is 680 g/mol. The van der Waals surface area contributed by atoms with Gasteiger partial charge in [-0.3, -0.25) is 0 Å². The number of hydrogen-bond donors (Lipinski definition) is 0. The van der Waals surface area contributed by atoms with Crippen LogP contribution in [0.1, 0.15) is 4.88 Å². The highest BCUT2D eigenvalue weighted by atomic mass is 32.3. The Balaban J connectivity index is 1.94. The van der Waals surface area contributed by atoms with Crippen molar-refractivity contribution in [1.29, 1.82) is 0 Å². The van der Waals surface area contributed by atoms with Crippen LogP contribution in [0, 0.1) is 6.92 Å². The van der Waals surface area contributed by atoms with E-state index in [1.165, 1.54) is 95.9 Å². The fourth-order valence-electron chi connectivity index (χ4n) is 3.48. The first-order valence-corrected chi connectivity index (χ1v) is 16.7. The smallest absolute Gasteiger partial charge is 0.201 e. The third-order valence-electron chi connectivity index (χ3n) is 5.53. The molecule has 42 heavy (non-hydrogen) atoms. The summed E-state index contributed by atoms with van der Waals surface area (Å²) in [6.45, 7) is 1.85. The summed E-state index contributed by atoms with van der Waals surface area (Å²) >= 11 is 3.50. The largest absolute Gasteiger partial charge is 0.460 e. The Labute approximate surface area is 248 Å². The molecular formula is C25H17F9O3S5. The van der Waals surface area contributed by atoms with Crippen molar-refractivity contribution in [3.05, 3.63) is 89.8 Å². The lowest BCUT2D eigenvalue weighted by Crippen LogP contribution is -2.63. The molecule has 0 bridgehead atoms. The van der Waals surface area contributed by atoms with Crippen LogP contribution < -0.4 is 0 Å². The van der Waals surface area contributed by atoms with Gasteiger partial charge in [0.15, 0.2) is 0 Å². The Bertz CT molecular complexity index is 1590. The van der Waals surface area contributed by atoms with Gasteiger partial charge in [0, 0.05) is 14.7 Å². The van der Waals surface area contributed by atoms with Crippen molar-refractivity contribution < 1.29 is 51.6 Å². The molecule has 3 nitrogen and oxygen atoms in total. The molecule has 2 heterocycles. The maximum absolute atomic E-state index is 14.9. The van der Waals surface area contributed by atoms with E-state index in [2.05, 4.69) is 0 Å². The molecule has 0 N–H and O–H groups in total. The molecule has 0 atom stereocenters. The summed E-state index contributed by atoms with van der Waals surface area (Å²) in [5.41, 5.74) is 0. The highest BCUT2D eigenvalue weighted by molar-refractivity contribution is 8.34. The molecule has 4 rings (SSSR count). The fraction of sp³-hybridized carbons (Fsp3) is 0.200. The first-order chi connectivity index (χ1) is 19.4. The third-order valence-corrected chi connectivity index (χ3v) is 14.6. The van der Waals surface area contributed by atoms with Crippen molar-refractivity contribution in [1.82, 2.24) is 0 Å². The van der Waals surface area contributed by atoms with Gasteiger partial charge in [0.25, 0.3) is 0 Å². The zero-order chi connectivity index (χ0) is 31.2. The molecule has 2 aromatic carbocycles. The number of alkyl halides is 9. The molecule has 0 unspecified atom stereocenters. The highest BCUT2D eigenvalue weighted by Crippen LogP contribution is 2.73. The van der Waals surface area contributed by atoms with Crippen molar-refractivity contribution >= 4 is 54.9 Å². The number of aryl methyl sites for hydroxylation is 1. The van der Waals surface area contributed by atoms with Crippen molar-refractivity contribution in [2.75, 3.05) is 0 Å². The van der Waals surface area contributed by atoms with Crippen LogP contribution >= 0.6 is 44.7 Å². The van der Waals surface area contributed by atoms with Crippen LogP contribution in [-0.2, 0) is 13.7 Å². The van der Waals surface area contributed by atoms with Crippen molar-refractivity contribution in [3.8, 4) is 0 Å². The summed E-state index contributed by atoms with van der Waals surface area (Å²) in [4.78, 5) is 0.703. The number of benzene rings is 2. The Kier molecular flexibility index (Phi) is 8.88. The van der Waals surface area contributed by atoms with E-state index in [0.29, 0.717) is 4.21 Å². The normalized spacial score (nSPS) is 14.2. The number of thiophene rings is 2. The molecule has 0 radical (unpaired) electrons. The topological polar surface area (TPSA) is 43.4 Å². The lowest BCUT2D eigenvalue weighted by molar-refractivity contribution is -0.382. The summed E-state index contributed by atoms with van der Waals surface area (Å²) in [7, 11) is -11.2. The standard InChI is InChI=1S/C25H17F9O3S5/c1-16-12-13-19(38-16)39-20-14-15-21(40-20)41(17-8-4-2-5-9-17,18-10-6-3-7-11-18)37-42(35,36)25(33,34)23(28,29)22(26,27)24(30,31)32/h2-15H,1H3. The maximum atomic E-state index is 14.9. The zero-order valence-corrected chi connectivity index (χ0v) is 24.8. The molecule has 0 spiro atoms.